The van der Waals surface area contributed by atoms with Crippen molar-refractivity contribution < 1.29 is 14.3 Å². The van der Waals surface area contributed by atoms with E-state index in [1.165, 1.54) is 27.9 Å². The first-order valence-corrected chi connectivity index (χ1v) is 11.5. The minimum absolute atomic E-state index is 0.0982. The fourth-order valence-electron chi connectivity index (χ4n) is 3.49. The van der Waals surface area contributed by atoms with Crippen molar-refractivity contribution >= 4 is 23.3 Å². The van der Waals surface area contributed by atoms with Crippen LogP contribution >= 0.6 is 11.8 Å². The predicted octanol–water partition coefficient (Wildman–Crippen LogP) is 2.65. The van der Waals surface area contributed by atoms with E-state index in [4.69, 9.17) is 9.47 Å². The van der Waals surface area contributed by atoms with E-state index in [1.807, 2.05) is 24.3 Å². The van der Waals surface area contributed by atoms with Crippen LogP contribution in [0.15, 0.2) is 64.5 Å². The van der Waals surface area contributed by atoms with Crippen LogP contribution in [0.25, 0.3) is 17.0 Å². The van der Waals surface area contributed by atoms with Gasteiger partial charge >= 0.3 is 0 Å². The fraction of sp³-hybridized carbons (Fsp3) is 0.217. The van der Waals surface area contributed by atoms with Crippen molar-refractivity contribution in [3.05, 3.63) is 70.5 Å². The molecule has 5 rings (SSSR count). The second kappa shape index (κ2) is 9.37. The third kappa shape index (κ3) is 4.85. The van der Waals surface area contributed by atoms with Gasteiger partial charge in [-0.1, -0.05) is 42.1 Å². The lowest BCUT2D eigenvalue weighted by Gasteiger charge is -2.08. The highest BCUT2D eigenvalue weighted by atomic mass is 32.2. The number of thioether (sulfide) groups is 1. The molecule has 0 radical (unpaired) electrons. The molecule has 33 heavy (non-hydrogen) atoms. The molecule has 2 N–H and O–H groups in total. The first kappa shape index (κ1) is 21.1. The van der Waals surface area contributed by atoms with Gasteiger partial charge in [-0.15, -0.1) is 0 Å². The molecule has 2 aromatic heterocycles. The summed E-state index contributed by atoms with van der Waals surface area (Å²) >= 11 is 1.23. The molecule has 4 aromatic rings. The molecule has 1 amide bonds. The Morgan fingerprint density at radius 1 is 1.09 bits per heavy atom. The molecule has 9 nitrogen and oxygen atoms in total. The van der Waals surface area contributed by atoms with Gasteiger partial charge in [0, 0.05) is 18.2 Å². The second-order valence-electron chi connectivity index (χ2n) is 7.44. The molecule has 3 heterocycles. The van der Waals surface area contributed by atoms with Crippen LogP contribution < -0.4 is 20.3 Å². The summed E-state index contributed by atoms with van der Waals surface area (Å²) in [5.41, 5.74) is 2.10. The number of aromatic nitrogens is 4. The molecular formula is C23H21N5O4S. The van der Waals surface area contributed by atoms with Crippen molar-refractivity contribution in [3.63, 3.8) is 0 Å². The number of carbonyl (C=O) groups is 1. The van der Waals surface area contributed by atoms with Gasteiger partial charge in [-0.3, -0.25) is 14.7 Å². The molecule has 0 saturated carbocycles. The predicted molar refractivity (Wildman–Crippen MR) is 124 cm³/mol. The standard InChI is InChI=1S/C23H21N5O4S/c29-20-12-19-25-22(16-8-9-17-18(11-16)32-14-31-17)26-23(28(19)27-20)33-13-21(30)24-10-4-7-15-5-2-1-3-6-15/h1-3,5-6,8-9,11-12H,4,7,10,13-14H2,(H,24,30)(H,27,29). The smallest absolute Gasteiger partial charge is 0.266 e. The van der Waals surface area contributed by atoms with Gasteiger partial charge in [0.15, 0.2) is 28.1 Å². The number of hydrogen-bond acceptors (Lipinski definition) is 7. The summed E-state index contributed by atoms with van der Waals surface area (Å²) in [6.07, 6.45) is 1.77. The number of nitrogens with one attached hydrogen (secondary N) is 2. The molecule has 0 bridgehead atoms. The lowest BCUT2D eigenvalue weighted by molar-refractivity contribution is -0.118. The number of aryl methyl sites for hydroxylation is 1. The van der Waals surface area contributed by atoms with Crippen LogP contribution in [-0.2, 0) is 11.2 Å². The van der Waals surface area contributed by atoms with Crippen molar-refractivity contribution in [1.29, 1.82) is 0 Å². The molecule has 0 fully saturated rings. The summed E-state index contributed by atoms with van der Waals surface area (Å²) in [5.74, 6) is 1.78. The van der Waals surface area contributed by atoms with Crippen LogP contribution in [-0.4, -0.2) is 44.6 Å². The molecule has 10 heteroatoms. The lowest BCUT2D eigenvalue weighted by atomic mass is 10.1. The summed E-state index contributed by atoms with van der Waals surface area (Å²) < 4.78 is 12.3. The Labute approximate surface area is 193 Å². The van der Waals surface area contributed by atoms with Crippen LogP contribution in [0.2, 0.25) is 0 Å². The number of amides is 1. The maximum Gasteiger partial charge on any atom is 0.266 e. The highest BCUT2D eigenvalue weighted by Gasteiger charge is 2.17. The topological polar surface area (TPSA) is 111 Å². The zero-order valence-electron chi connectivity index (χ0n) is 17.6. The molecule has 168 valence electrons. The third-order valence-electron chi connectivity index (χ3n) is 5.09. The maximum absolute atomic E-state index is 12.4. The van der Waals surface area contributed by atoms with Gasteiger partial charge in [0.2, 0.25) is 12.7 Å². The first-order valence-electron chi connectivity index (χ1n) is 10.5. The Kier molecular flexibility index (Phi) is 5.99. The van der Waals surface area contributed by atoms with E-state index in [-0.39, 0.29) is 24.0 Å². The zero-order chi connectivity index (χ0) is 22.6. The number of carbonyl (C=O) groups excluding carboxylic acids is 1. The third-order valence-corrected chi connectivity index (χ3v) is 6.03. The van der Waals surface area contributed by atoms with Crippen molar-refractivity contribution in [2.75, 3.05) is 19.1 Å². The van der Waals surface area contributed by atoms with Crippen LogP contribution in [0, 0.1) is 0 Å². The Morgan fingerprint density at radius 2 is 1.94 bits per heavy atom. The average Bonchev–Trinajstić information content (AvgIpc) is 3.46. The van der Waals surface area contributed by atoms with Crippen LogP contribution in [0.5, 0.6) is 11.5 Å². The fourth-order valence-corrected chi connectivity index (χ4v) is 4.27. The molecule has 2 aromatic carbocycles. The second-order valence-corrected chi connectivity index (χ2v) is 8.38. The number of aromatic amines is 1. The highest BCUT2D eigenvalue weighted by Crippen LogP contribution is 2.35. The summed E-state index contributed by atoms with van der Waals surface area (Å²) in [5, 5.41) is 6.08. The Morgan fingerprint density at radius 3 is 2.82 bits per heavy atom. The van der Waals surface area contributed by atoms with Gasteiger partial charge in [-0.25, -0.2) is 14.5 Å². The minimum atomic E-state index is -0.292. The van der Waals surface area contributed by atoms with Crippen LogP contribution in [0.3, 0.4) is 0 Å². The van der Waals surface area contributed by atoms with Crippen molar-refractivity contribution in [3.8, 4) is 22.9 Å². The number of hydrogen-bond donors (Lipinski definition) is 2. The van der Waals surface area contributed by atoms with E-state index in [9.17, 15) is 9.59 Å². The van der Waals surface area contributed by atoms with E-state index in [1.54, 1.807) is 12.1 Å². The number of fused-ring (bicyclic) bond motifs is 2. The first-order chi connectivity index (χ1) is 16.2. The number of H-pyrrole nitrogens is 1. The van der Waals surface area contributed by atoms with Gasteiger partial charge in [-0.05, 0) is 36.6 Å². The van der Waals surface area contributed by atoms with Gasteiger partial charge < -0.3 is 14.8 Å². The summed E-state index contributed by atoms with van der Waals surface area (Å²) in [7, 11) is 0. The Hall–Kier alpha value is -3.79. The summed E-state index contributed by atoms with van der Waals surface area (Å²) in [6, 6.07) is 17.0. The van der Waals surface area contributed by atoms with E-state index in [0.29, 0.717) is 34.7 Å². The molecule has 1 aliphatic heterocycles. The quantitative estimate of drug-likeness (QED) is 0.305. The van der Waals surface area contributed by atoms with Crippen molar-refractivity contribution in [1.82, 2.24) is 24.9 Å². The largest absolute Gasteiger partial charge is 0.454 e. The van der Waals surface area contributed by atoms with Crippen LogP contribution in [0.4, 0.5) is 0 Å². The number of nitrogens with zero attached hydrogens (tertiary/aromatic N) is 3. The summed E-state index contributed by atoms with van der Waals surface area (Å²) in [4.78, 5) is 33.3. The van der Waals surface area contributed by atoms with Gasteiger partial charge in [0.05, 0.1) is 5.75 Å². The lowest BCUT2D eigenvalue weighted by Crippen LogP contribution is -2.26. The monoisotopic (exact) mass is 463 g/mol. The zero-order valence-corrected chi connectivity index (χ0v) is 18.4. The SMILES string of the molecule is O=C(CSc1nc(-c2ccc3c(c2)OCO3)nc2cc(=O)[nH]n12)NCCCc1ccccc1. The van der Waals surface area contributed by atoms with Gasteiger partial charge in [0.1, 0.15) is 0 Å². The molecule has 0 atom stereocenters. The highest BCUT2D eigenvalue weighted by molar-refractivity contribution is 7.99. The molecular weight excluding hydrogens is 442 g/mol. The number of ether oxygens (including phenoxy) is 2. The minimum Gasteiger partial charge on any atom is -0.454 e. The van der Waals surface area contributed by atoms with Crippen molar-refractivity contribution in [2.24, 2.45) is 0 Å². The molecule has 1 aliphatic rings. The number of benzene rings is 2. The van der Waals surface area contributed by atoms with Crippen molar-refractivity contribution in [2.45, 2.75) is 18.0 Å². The van der Waals surface area contributed by atoms with Crippen LogP contribution in [0.1, 0.15) is 12.0 Å². The normalized spacial score (nSPS) is 12.2. The number of rotatable bonds is 8. The molecule has 0 unspecified atom stereocenters. The van der Waals surface area contributed by atoms with Gasteiger partial charge in [0.25, 0.3) is 5.56 Å². The van der Waals surface area contributed by atoms with E-state index < -0.39 is 0 Å². The Bertz CT molecular complexity index is 1350. The molecule has 0 aliphatic carbocycles. The maximum atomic E-state index is 12.4. The van der Waals surface area contributed by atoms with E-state index >= 15 is 0 Å². The Balaban J connectivity index is 1.26. The van der Waals surface area contributed by atoms with E-state index in [2.05, 4.69) is 32.5 Å². The van der Waals surface area contributed by atoms with Gasteiger partial charge in [-0.2, -0.15) is 0 Å². The molecule has 0 saturated heterocycles. The van der Waals surface area contributed by atoms with E-state index in [0.717, 1.165) is 18.4 Å². The summed E-state index contributed by atoms with van der Waals surface area (Å²) in [6.45, 7) is 0.768. The average molecular weight is 464 g/mol. The molecule has 0 spiro atoms.